The minimum Gasteiger partial charge on any atom is -0.383 e. The standard InChI is InChI=1S/C19H25NO/c1-4-16-10-12-17(13-11-16)15(2)20-19(14-21-3)18-8-6-5-7-9-18/h5-13,15,19-20H,4,14H2,1-3H3. The second-order valence-electron chi connectivity index (χ2n) is 5.40. The molecule has 2 atom stereocenters. The van der Waals surface area contributed by atoms with Gasteiger partial charge in [0.25, 0.3) is 0 Å². The van der Waals surface area contributed by atoms with Gasteiger partial charge in [0.05, 0.1) is 12.6 Å². The number of nitrogens with one attached hydrogen (secondary N) is 1. The van der Waals surface area contributed by atoms with E-state index in [2.05, 4.69) is 67.7 Å². The first kappa shape index (κ1) is 15.7. The maximum absolute atomic E-state index is 5.37. The quantitative estimate of drug-likeness (QED) is 0.818. The molecule has 1 N–H and O–H groups in total. The molecule has 0 aliphatic heterocycles. The third kappa shape index (κ3) is 4.42. The van der Waals surface area contributed by atoms with Crippen LogP contribution in [-0.2, 0) is 11.2 Å². The average Bonchev–Trinajstić information content (AvgIpc) is 2.55. The first-order valence-corrected chi connectivity index (χ1v) is 7.63. The molecule has 0 saturated heterocycles. The highest BCUT2D eigenvalue weighted by Crippen LogP contribution is 2.20. The zero-order valence-electron chi connectivity index (χ0n) is 13.2. The Balaban J connectivity index is 2.08. The van der Waals surface area contributed by atoms with Gasteiger partial charge in [-0.3, -0.25) is 0 Å². The lowest BCUT2D eigenvalue weighted by atomic mass is 10.0. The van der Waals surface area contributed by atoms with Gasteiger partial charge < -0.3 is 10.1 Å². The minimum atomic E-state index is 0.206. The topological polar surface area (TPSA) is 21.3 Å². The number of benzene rings is 2. The lowest BCUT2D eigenvalue weighted by Crippen LogP contribution is -2.28. The molecule has 0 aliphatic rings. The fraction of sp³-hybridized carbons (Fsp3) is 0.368. The molecule has 2 heteroatoms. The van der Waals surface area contributed by atoms with E-state index in [1.807, 2.05) is 6.07 Å². The van der Waals surface area contributed by atoms with E-state index in [-0.39, 0.29) is 12.1 Å². The number of ether oxygens (including phenoxy) is 1. The lowest BCUT2D eigenvalue weighted by Gasteiger charge is -2.23. The van der Waals surface area contributed by atoms with Crippen LogP contribution in [0.15, 0.2) is 54.6 Å². The summed E-state index contributed by atoms with van der Waals surface area (Å²) in [6.07, 6.45) is 1.08. The molecule has 112 valence electrons. The van der Waals surface area contributed by atoms with Crippen molar-refractivity contribution >= 4 is 0 Å². The highest BCUT2D eigenvalue weighted by Gasteiger charge is 2.15. The number of aryl methyl sites for hydroxylation is 1. The Morgan fingerprint density at radius 1 is 0.952 bits per heavy atom. The molecule has 0 spiro atoms. The van der Waals surface area contributed by atoms with E-state index in [1.165, 1.54) is 16.7 Å². The summed E-state index contributed by atoms with van der Waals surface area (Å²) in [7, 11) is 1.75. The van der Waals surface area contributed by atoms with E-state index < -0.39 is 0 Å². The zero-order chi connectivity index (χ0) is 15.1. The molecule has 0 saturated carbocycles. The molecule has 0 bridgehead atoms. The first-order valence-electron chi connectivity index (χ1n) is 7.63. The Bertz CT molecular complexity index is 521. The Morgan fingerprint density at radius 2 is 1.62 bits per heavy atom. The van der Waals surface area contributed by atoms with Crippen molar-refractivity contribution in [3.05, 3.63) is 71.3 Å². The van der Waals surface area contributed by atoms with Crippen LogP contribution in [0.3, 0.4) is 0 Å². The summed E-state index contributed by atoms with van der Waals surface area (Å²) < 4.78 is 5.37. The fourth-order valence-corrected chi connectivity index (χ4v) is 2.53. The van der Waals surface area contributed by atoms with Crippen LogP contribution in [0.5, 0.6) is 0 Å². The maximum Gasteiger partial charge on any atom is 0.0657 e. The predicted octanol–water partition coefficient (Wildman–Crippen LogP) is 4.29. The van der Waals surface area contributed by atoms with Crippen LogP contribution in [0.4, 0.5) is 0 Å². The predicted molar refractivity (Wildman–Crippen MR) is 88.4 cm³/mol. The maximum atomic E-state index is 5.37. The molecule has 0 amide bonds. The van der Waals surface area contributed by atoms with Crippen molar-refractivity contribution < 1.29 is 4.74 Å². The normalized spacial score (nSPS) is 13.9. The molecule has 0 heterocycles. The van der Waals surface area contributed by atoms with Crippen molar-refractivity contribution in [3.63, 3.8) is 0 Å². The zero-order valence-corrected chi connectivity index (χ0v) is 13.2. The third-order valence-corrected chi connectivity index (χ3v) is 3.87. The third-order valence-electron chi connectivity index (χ3n) is 3.87. The van der Waals surface area contributed by atoms with Gasteiger partial charge in [-0.25, -0.2) is 0 Å². The van der Waals surface area contributed by atoms with Gasteiger partial charge in [0.2, 0.25) is 0 Å². The summed E-state index contributed by atoms with van der Waals surface area (Å²) in [6, 6.07) is 19.8. The van der Waals surface area contributed by atoms with Gasteiger partial charge >= 0.3 is 0 Å². The highest BCUT2D eigenvalue weighted by molar-refractivity contribution is 5.26. The van der Waals surface area contributed by atoms with Gasteiger partial charge in [0, 0.05) is 13.2 Å². The lowest BCUT2D eigenvalue weighted by molar-refractivity contribution is 0.162. The first-order chi connectivity index (χ1) is 10.2. The van der Waals surface area contributed by atoms with Crippen LogP contribution in [0.25, 0.3) is 0 Å². The van der Waals surface area contributed by atoms with Crippen LogP contribution in [0.2, 0.25) is 0 Å². The Morgan fingerprint density at radius 3 is 2.19 bits per heavy atom. The average molecular weight is 283 g/mol. The number of rotatable bonds is 7. The molecule has 0 fully saturated rings. The fourth-order valence-electron chi connectivity index (χ4n) is 2.53. The van der Waals surface area contributed by atoms with Crippen molar-refractivity contribution in [1.82, 2.24) is 5.32 Å². The van der Waals surface area contributed by atoms with Gasteiger partial charge in [-0.15, -0.1) is 0 Å². The van der Waals surface area contributed by atoms with E-state index in [9.17, 15) is 0 Å². The smallest absolute Gasteiger partial charge is 0.0657 e. The molecule has 2 nitrogen and oxygen atoms in total. The van der Waals surface area contributed by atoms with E-state index in [1.54, 1.807) is 7.11 Å². The minimum absolute atomic E-state index is 0.206. The Hall–Kier alpha value is -1.64. The van der Waals surface area contributed by atoms with Gasteiger partial charge in [-0.1, -0.05) is 61.5 Å². The van der Waals surface area contributed by atoms with Gasteiger partial charge in [-0.05, 0) is 30.0 Å². The van der Waals surface area contributed by atoms with Crippen LogP contribution in [0.1, 0.15) is 42.6 Å². The van der Waals surface area contributed by atoms with E-state index >= 15 is 0 Å². The SMILES string of the molecule is CCc1ccc(C(C)NC(COC)c2ccccc2)cc1. The van der Waals surface area contributed by atoms with Gasteiger partial charge in [0.15, 0.2) is 0 Å². The molecule has 21 heavy (non-hydrogen) atoms. The van der Waals surface area contributed by atoms with E-state index in [0.717, 1.165) is 6.42 Å². The summed E-state index contributed by atoms with van der Waals surface area (Å²) in [4.78, 5) is 0. The molecular formula is C19H25NO. The van der Waals surface area contributed by atoms with Crippen molar-refractivity contribution in [1.29, 1.82) is 0 Å². The number of hydrogen-bond acceptors (Lipinski definition) is 2. The van der Waals surface area contributed by atoms with Gasteiger partial charge in [-0.2, -0.15) is 0 Å². The molecule has 2 aromatic carbocycles. The van der Waals surface area contributed by atoms with Gasteiger partial charge in [0.1, 0.15) is 0 Å². The van der Waals surface area contributed by atoms with E-state index in [4.69, 9.17) is 4.74 Å². The molecule has 2 rings (SSSR count). The van der Waals surface area contributed by atoms with Crippen LogP contribution in [-0.4, -0.2) is 13.7 Å². The van der Waals surface area contributed by atoms with E-state index in [0.29, 0.717) is 6.61 Å². The molecule has 0 radical (unpaired) electrons. The summed E-state index contributed by atoms with van der Waals surface area (Å²) in [6.45, 7) is 5.05. The van der Waals surface area contributed by atoms with Crippen molar-refractivity contribution in [3.8, 4) is 0 Å². The van der Waals surface area contributed by atoms with Crippen molar-refractivity contribution in [2.45, 2.75) is 32.4 Å². The summed E-state index contributed by atoms with van der Waals surface area (Å²) in [5.74, 6) is 0. The molecular weight excluding hydrogens is 258 g/mol. The summed E-state index contributed by atoms with van der Waals surface area (Å²) in [5, 5.41) is 3.66. The van der Waals surface area contributed by atoms with Crippen LogP contribution < -0.4 is 5.32 Å². The highest BCUT2D eigenvalue weighted by atomic mass is 16.5. The van der Waals surface area contributed by atoms with Crippen molar-refractivity contribution in [2.75, 3.05) is 13.7 Å². The molecule has 2 aromatic rings. The van der Waals surface area contributed by atoms with Crippen LogP contribution in [0, 0.1) is 0 Å². The largest absolute Gasteiger partial charge is 0.383 e. The van der Waals surface area contributed by atoms with Crippen LogP contribution >= 0.6 is 0 Å². The summed E-state index contributed by atoms with van der Waals surface area (Å²) in [5.41, 5.74) is 3.95. The molecule has 0 aliphatic carbocycles. The second-order valence-corrected chi connectivity index (χ2v) is 5.40. The Labute approximate surface area is 128 Å². The molecule has 0 aromatic heterocycles. The number of hydrogen-bond donors (Lipinski definition) is 1. The Kier molecular flexibility index (Phi) is 5.97. The monoisotopic (exact) mass is 283 g/mol. The van der Waals surface area contributed by atoms with Crippen molar-refractivity contribution in [2.24, 2.45) is 0 Å². The summed E-state index contributed by atoms with van der Waals surface area (Å²) >= 11 is 0. The number of methoxy groups -OCH3 is 1. The second kappa shape index (κ2) is 7.96. The molecule has 2 unspecified atom stereocenters.